The minimum atomic E-state index is -0.571. The van der Waals surface area contributed by atoms with Crippen LogP contribution >= 0.6 is 0 Å². The zero-order valence-corrected chi connectivity index (χ0v) is 15.6. The third-order valence-electron chi connectivity index (χ3n) is 4.15. The molecule has 1 saturated heterocycles. The Bertz CT molecular complexity index is 609. The van der Waals surface area contributed by atoms with Crippen LogP contribution in [0.25, 0.3) is 0 Å². The van der Waals surface area contributed by atoms with Crippen LogP contribution in [0.4, 0.5) is 0 Å². The van der Waals surface area contributed by atoms with Gasteiger partial charge in [0.2, 0.25) is 17.7 Å². The molecule has 0 bridgehead atoms. The fourth-order valence-electron chi connectivity index (χ4n) is 2.47. The van der Waals surface area contributed by atoms with Crippen LogP contribution in [0.2, 0.25) is 0 Å². The number of epoxide rings is 1. The Morgan fingerprint density at radius 3 is 1.93 bits per heavy atom. The number of carbonyl (C=O) groups is 3. The molecule has 1 heterocycles. The number of hydrogen-bond donors (Lipinski definition) is 2. The molecular weight excluding hydrogens is 348 g/mol. The molecule has 0 spiro atoms. The van der Waals surface area contributed by atoms with Crippen LogP contribution in [-0.4, -0.2) is 79.1 Å². The normalized spacial score (nSPS) is 17.5. The maximum absolute atomic E-state index is 12.1. The lowest BCUT2D eigenvalue weighted by molar-refractivity contribution is -0.127. The molecule has 0 aromatic heterocycles. The molecule has 0 aromatic carbocycles. The second-order valence-electron chi connectivity index (χ2n) is 5.84. The lowest BCUT2D eigenvalue weighted by Crippen LogP contribution is -2.47. The molecule has 1 aliphatic rings. The summed E-state index contributed by atoms with van der Waals surface area (Å²) in [5, 5.41) is 5.36. The Kier molecular flexibility index (Phi) is 9.18. The van der Waals surface area contributed by atoms with E-state index in [0.717, 1.165) is 0 Å². The van der Waals surface area contributed by atoms with Crippen molar-refractivity contribution in [2.75, 3.05) is 45.9 Å². The van der Waals surface area contributed by atoms with Crippen molar-refractivity contribution in [2.45, 2.75) is 5.72 Å². The van der Waals surface area contributed by atoms with Crippen LogP contribution in [0.15, 0.2) is 50.6 Å². The molecule has 3 amide bonds. The minimum Gasteiger partial charge on any atom is -0.351 e. The van der Waals surface area contributed by atoms with Crippen molar-refractivity contribution in [1.29, 1.82) is 0 Å². The molecule has 1 unspecified atom stereocenters. The lowest BCUT2D eigenvalue weighted by atomic mass is 10.2. The minimum absolute atomic E-state index is 0. The molecule has 27 heavy (non-hydrogen) atoms. The molecule has 152 valence electrons. The summed E-state index contributed by atoms with van der Waals surface area (Å²) in [6.45, 7) is 17.1. The van der Waals surface area contributed by atoms with Gasteiger partial charge in [0.05, 0.1) is 6.61 Å². The molecule has 0 aromatic rings. The van der Waals surface area contributed by atoms with Crippen LogP contribution < -0.4 is 10.6 Å². The Morgan fingerprint density at radius 2 is 1.48 bits per heavy atom. The quantitative estimate of drug-likeness (QED) is 0.257. The predicted molar refractivity (Wildman–Crippen MR) is 108 cm³/mol. The molecule has 8 heteroatoms. The van der Waals surface area contributed by atoms with Crippen molar-refractivity contribution in [3.05, 3.63) is 50.6 Å². The molecule has 8 nitrogen and oxygen atoms in total. The zero-order valence-electron chi connectivity index (χ0n) is 15.6. The molecule has 0 radical (unpaired) electrons. The Labute approximate surface area is 163 Å². The van der Waals surface area contributed by atoms with Gasteiger partial charge < -0.3 is 20.3 Å². The standard InChI is InChI=1S/C19H28N4O4.2H2/c1-5-16(24)20-9-11-22(18(26)7-3)13-14-23(19(8-4)15-27-19)12-10-21-17(25)6-2;;/h5-8H,1-4,9-15H2,(H,20,24)(H,21,25);2*1H. The third-order valence-corrected chi connectivity index (χ3v) is 4.15. The first-order valence-corrected chi connectivity index (χ1v) is 8.67. The average molecular weight is 380 g/mol. The first kappa shape index (κ1) is 22.3. The molecule has 0 saturated carbocycles. The third kappa shape index (κ3) is 7.20. The van der Waals surface area contributed by atoms with E-state index in [1.165, 1.54) is 18.2 Å². The van der Waals surface area contributed by atoms with Crippen LogP contribution in [0, 0.1) is 0 Å². The van der Waals surface area contributed by atoms with Crippen molar-refractivity contribution in [1.82, 2.24) is 20.4 Å². The predicted octanol–water partition coefficient (Wildman–Crippen LogP) is 0.312. The van der Waals surface area contributed by atoms with Crippen LogP contribution in [-0.2, 0) is 19.1 Å². The highest BCUT2D eigenvalue weighted by Crippen LogP contribution is 2.32. The summed E-state index contributed by atoms with van der Waals surface area (Å²) in [4.78, 5) is 38.2. The van der Waals surface area contributed by atoms with Gasteiger partial charge in [-0.2, -0.15) is 0 Å². The second kappa shape index (κ2) is 11.1. The van der Waals surface area contributed by atoms with Crippen molar-refractivity contribution in [3.8, 4) is 0 Å². The van der Waals surface area contributed by atoms with Gasteiger partial charge in [0.15, 0.2) is 5.72 Å². The summed E-state index contributed by atoms with van der Waals surface area (Å²) < 4.78 is 5.52. The topological polar surface area (TPSA) is 94.3 Å². The van der Waals surface area contributed by atoms with E-state index in [-0.39, 0.29) is 20.6 Å². The molecule has 2 N–H and O–H groups in total. The number of hydrogen-bond acceptors (Lipinski definition) is 5. The average Bonchev–Trinajstić information content (AvgIpc) is 3.48. The Hall–Kier alpha value is -2.71. The van der Waals surface area contributed by atoms with Crippen LogP contribution in [0.5, 0.6) is 0 Å². The van der Waals surface area contributed by atoms with Crippen molar-refractivity contribution in [2.24, 2.45) is 0 Å². The fraction of sp³-hybridized carbons (Fsp3) is 0.421. The summed E-state index contributed by atoms with van der Waals surface area (Å²) in [6.07, 6.45) is 5.34. The van der Waals surface area contributed by atoms with Gasteiger partial charge in [0.1, 0.15) is 0 Å². The maximum Gasteiger partial charge on any atom is 0.246 e. The summed E-state index contributed by atoms with van der Waals surface area (Å²) in [6, 6.07) is 0. The van der Waals surface area contributed by atoms with E-state index in [9.17, 15) is 14.4 Å². The van der Waals surface area contributed by atoms with Gasteiger partial charge in [-0.25, -0.2) is 0 Å². The molecule has 1 fully saturated rings. The zero-order chi connectivity index (χ0) is 20.3. The smallest absolute Gasteiger partial charge is 0.246 e. The van der Waals surface area contributed by atoms with Crippen molar-refractivity contribution in [3.63, 3.8) is 0 Å². The molecule has 1 atom stereocenters. The molecular formula is C19H32N4O4. The highest BCUT2D eigenvalue weighted by atomic mass is 16.6. The lowest BCUT2D eigenvalue weighted by Gasteiger charge is -2.30. The SMILES string of the molecule is C=CC(=O)NCCN(CCN(CCNC(=O)C=C)C1(C=C)CO1)C(=O)C=C.[HH].[HH]. The Morgan fingerprint density at radius 1 is 0.926 bits per heavy atom. The molecule has 1 rings (SSSR count). The van der Waals surface area contributed by atoms with E-state index < -0.39 is 5.72 Å². The van der Waals surface area contributed by atoms with Crippen molar-refractivity contribution < 1.29 is 22.0 Å². The highest BCUT2D eigenvalue weighted by Gasteiger charge is 2.47. The number of amides is 3. The van der Waals surface area contributed by atoms with Gasteiger partial charge in [0.25, 0.3) is 0 Å². The molecule has 0 aliphatic carbocycles. The van der Waals surface area contributed by atoms with Gasteiger partial charge in [0, 0.05) is 42.1 Å². The first-order valence-electron chi connectivity index (χ1n) is 8.67. The van der Waals surface area contributed by atoms with E-state index in [1.54, 1.807) is 11.0 Å². The van der Waals surface area contributed by atoms with E-state index in [1.807, 2.05) is 4.90 Å². The van der Waals surface area contributed by atoms with Gasteiger partial charge >= 0.3 is 0 Å². The van der Waals surface area contributed by atoms with E-state index >= 15 is 0 Å². The molecule has 1 aliphatic heterocycles. The number of carbonyl (C=O) groups excluding carboxylic acids is 3. The maximum atomic E-state index is 12.1. The summed E-state index contributed by atoms with van der Waals surface area (Å²) in [7, 11) is 0. The largest absolute Gasteiger partial charge is 0.351 e. The van der Waals surface area contributed by atoms with Gasteiger partial charge in [-0.3, -0.25) is 19.3 Å². The number of rotatable bonds is 14. The first-order chi connectivity index (χ1) is 12.9. The number of nitrogens with one attached hydrogen (secondary N) is 2. The summed E-state index contributed by atoms with van der Waals surface area (Å²) >= 11 is 0. The van der Waals surface area contributed by atoms with E-state index in [4.69, 9.17) is 4.74 Å². The monoisotopic (exact) mass is 380 g/mol. The van der Waals surface area contributed by atoms with Gasteiger partial charge in [-0.05, 0) is 24.3 Å². The van der Waals surface area contributed by atoms with Gasteiger partial charge in [-0.1, -0.05) is 26.3 Å². The number of ether oxygens (including phenoxy) is 1. The van der Waals surface area contributed by atoms with Crippen LogP contribution in [0.1, 0.15) is 2.85 Å². The fourth-order valence-corrected chi connectivity index (χ4v) is 2.47. The van der Waals surface area contributed by atoms with Crippen molar-refractivity contribution >= 4 is 17.7 Å². The van der Waals surface area contributed by atoms with Gasteiger partial charge in [-0.15, -0.1) is 0 Å². The Balaban J connectivity index is 0. The van der Waals surface area contributed by atoms with E-state index in [0.29, 0.717) is 45.9 Å². The highest BCUT2D eigenvalue weighted by molar-refractivity contribution is 5.88. The van der Waals surface area contributed by atoms with Crippen LogP contribution in [0.3, 0.4) is 0 Å². The summed E-state index contributed by atoms with van der Waals surface area (Å²) in [5.41, 5.74) is -0.571. The summed E-state index contributed by atoms with van der Waals surface area (Å²) in [5.74, 6) is -0.773. The number of nitrogens with zero attached hydrogens (tertiary/aromatic N) is 2. The second-order valence-corrected chi connectivity index (χ2v) is 5.84. The van der Waals surface area contributed by atoms with E-state index in [2.05, 4.69) is 36.9 Å².